The van der Waals surface area contributed by atoms with Crippen LogP contribution in [0.25, 0.3) is 0 Å². The third-order valence-electron chi connectivity index (χ3n) is 3.09. The monoisotopic (exact) mass is 239 g/mol. The van der Waals surface area contributed by atoms with Crippen LogP contribution in [0.1, 0.15) is 10.6 Å². The van der Waals surface area contributed by atoms with E-state index >= 15 is 0 Å². The van der Waals surface area contributed by atoms with Gasteiger partial charge >= 0.3 is 0 Å². The van der Waals surface area contributed by atoms with Crippen molar-refractivity contribution in [3.8, 4) is 0 Å². The first-order valence-corrected chi connectivity index (χ1v) is 5.51. The van der Waals surface area contributed by atoms with Crippen LogP contribution in [0.3, 0.4) is 0 Å². The van der Waals surface area contributed by atoms with Crippen LogP contribution in [0.4, 0.5) is 0 Å². The van der Waals surface area contributed by atoms with E-state index in [1.165, 1.54) is 6.26 Å². The lowest BCUT2D eigenvalue weighted by Crippen LogP contribution is -2.44. The molecule has 4 atom stereocenters. The standard InChI is InChI=1S/C11H13NO5/c13-7-5-17-9-6(4-16-10(7)9)12-11(14)8-2-1-3-15-8/h1-3,6-7,9-10,13H,4-5H2,(H,12,14)/t6-,7+,9+,10+/m0/s1. The van der Waals surface area contributed by atoms with Gasteiger partial charge in [-0.15, -0.1) is 0 Å². The Morgan fingerprint density at radius 2 is 2.18 bits per heavy atom. The molecule has 2 N–H and O–H groups in total. The summed E-state index contributed by atoms with van der Waals surface area (Å²) in [6.45, 7) is 0.599. The number of hydrogen-bond acceptors (Lipinski definition) is 5. The number of fused-ring (bicyclic) bond motifs is 1. The van der Waals surface area contributed by atoms with Gasteiger partial charge in [0.1, 0.15) is 18.3 Å². The van der Waals surface area contributed by atoms with Crippen LogP contribution in [0, 0.1) is 0 Å². The normalized spacial score (nSPS) is 35.8. The van der Waals surface area contributed by atoms with Crippen molar-refractivity contribution in [2.45, 2.75) is 24.4 Å². The van der Waals surface area contributed by atoms with E-state index in [2.05, 4.69) is 5.32 Å². The molecule has 2 aliphatic heterocycles. The Morgan fingerprint density at radius 3 is 2.94 bits per heavy atom. The van der Waals surface area contributed by atoms with Crippen molar-refractivity contribution in [2.75, 3.05) is 13.2 Å². The quantitative estimate of drug-likeness (QED) is 0.729. The summed E-state index contributed by atoms with van der Waals surface area (Å²) in [5.74, 6) is -0.0405. The van der Waals surface area contributed by atoms with Crippen LogP contribution < -0.4 is 5.32 Å². The molecule has 0 aromatic carbocycles. The van der Waals surface area contributed by atoms with Crippen molar-refractivity contribution < 1.29 is 23.8 Å². The zero-order valence-corrected chi connectivity index (χ0v) is 9.04. The van der Waals surface area contributed by atoms with Crippen LogP contribution >= 0.6 is 0 Å². The summed E-state index contributed by atoms with van der Waals surface area (Å²) in [5.41, 5.74) is 0. The van der Waals surface area contributed by atoms with Crippen LogP contribution in [-0.4, -0.2) is 48.6 Å². The molecule has 6 nitrogen and oxygen atoms in total. The zero-order chi connectivity index (χ0) is 11.8. The van der Waals surface area contributed by atoms with Gasteiger partial charge in [-0.05, 0) is 12.1 Å². The highest BCUT2D eigenvalue weighted by atomic mass is 16.6. The Hall–Kier alpha value is -1.37. The lowest BCUT2D eigenvalue weighted by molar-refractivity contribution is 0.0178. The molecule has 0 aliphatic carbocycles. The first-order chi connectivity index (χ1) is 8.25. The van der Waals surface area contributed by atoms with Crippen molar-refractivity contribution in [2.24, 2.45) is 0 Å². The molecule has 0 spiro atoms. The summed E-state index contributed by atoms with van der Waals surface area (Å²) < 4.78 is 15.8. The largest absolute Gasteiger partial charge is 0.459 e. The van der Waals surface area contributed by atoms with Gasteiger partial charge in [0.05, 0.1) is 25.5 Å². The summed E-state index contributed by atoms with van der Waals surface area (Å²) in [5, 5.41) is 12.3. The van der Waals surface area contributed by atoms with Gasteiger partial charge in [0, 0.05) is 0 Å². The fourth-order valence-corrected chi connectivity index (χ4v) is 2.25. The lowest BCUT2D eigenvalue weighted by Gasteiger charge is -2.16. The third-order valence-corrected chi connectivity index (χ3v) is 3.09. The van der Waals surface area contributed by atoms with Gasteiger partial charge in [0.15, 0.2) is 5.76 Å². The van der Waals surface area contributed by atoms with Crippen molar-refractivity contribution in [1.29, 1.82) is 0 Å². The maximum absolute atomic E-state index is 11.8. The summed E-state index contributed by atoms with van der Waals surface area (Å²) in [6, 6.07) is 3.00. The van der Waals surface area contributed by atoms with Crippen LogP contribution in [0.5, 0.6) is 0 Å². The van der Waals surface area contributed by atoms with Gasteiger partial charge in [0.25, 0.3) is 5.91 Å². The molecule has 92 valence electrons. The Bertz CT molecular complexity index is 404. The molecule has 0 unspecified atom stereocenters. The van der Waals surface area contributed by atoms with E-state index < -0.39 is 6.10 Å². The number of amides is 1. The molecule has 0 radical (unpaired) electrons. The second-order valence-corrected chi connectivity index (χ2v) is 4.22. The summed E-state index contributed by atoms with van der Waals surface area (Å²) >= 11 is 0. The number of hydrogen-bond donors (Lipinski definition) is 2. The highest BCUT2D eigenvalue weighted by Gasteiger charge is 2.47. The molecule has 1 amide bonds. The topological polar surface area (TPSA) is 80.9 Å². The van der Waals surface area contributed by atoms with Gasteiger partial charge in [-0.1, -0.05) is 0 Å². The highest BCUT2D eigenvalue weighted by Crippen LogP contribution is 2.27. The van der Waals surface area contributed by atoms with Gasteiger partial charge in [-0.25, -0.2) is 0 Å². The Labute approximate surface area is 97.5 Å². The predicted octanol–water partition coefficient (Wildman–Crippen LogP) is -0.463. The number of aliphatic hydroxyl groups is 1. The lowest BCUT2D eigenvalue weighted by atomic mass is 10.1. The Kier molecular flexibility index (Phi) is 2.62. The number of nitrogens with one attached hydrogen (secondary N) is 1. The van der Waals surface area contributed by atoms with E-state index in [0.29, 0.717) is 6.61 Å². The first kappa shape index (κ1) is 10.8. The maximum Gasteiger partial charge on any atom is 0.287 e. The number of carbonyl (C=O) groups excluding carboxylic acids is 1. The van der Waals surface area contributed by atoms with Crippen LogP contribution in [0.15, 0.2) is 22.8 Å². The smallest absolute Gasteiger partial charge is 0.287 e. The minimum absolute atomic E-state index is 0.241. The van der Waals surface area contributed by atoms with Gasteiger partial charge in [-0.3, -0.25) is 4.79 Å². The second kappa shape index (κ2) is 4.14. The number of ether oxygens (including phenoxy) is 2. The molecule has 0 saturated carbocycles. The molecule has 6 heteroatoms. The fourth-order valence-electron chi connectivity index (χ4n) is 2.25. The van der Waals surface area contributed by atoms with E-state index in [1.807, 2.05) is 0 Å². The SMILES string of the molecule is O=C(N[C@H]1CO[C@H]2[C@@H]1OC[C@H]2O)c1ccco1. The number of carbonyl (C=O) groups is 1. The molecule has 1 aromatic rings. The Morgan fingerprint density at radius 1 is 1.35 bits per heavy atom. The van der Waals surface area contributed by atoms with E-state index in [4.69, 9.17) is 13.9 Å². The predicted molar refractivity (Wildman–Crippen MR) is 55.4 cm³/mol. The average molecular weight is 239 g/mol. The average Bonchev–Trinajstić information content (AvgIpc) is 3.00. The van der Waals surface area contributed by atoms with E-state index in [9.17, 15) is 9.90 Å². The van der Waals surface area contributed by atoms with E-state index in [1.54, 1.807) is 12.1 Å². The number of aliphatic hydroxyl groups excluding tert-OH is 1. The van der Waals surface area contributed by atoms with Gasteiger partial charge in [-0.2, -0.15) is 0 Å². The molecular weight excluding hydrogens is 226 g/mol. The summed E-state index contributed by atoms with van der Waals surface area (Å²) in [4.78, 5) is 11.8. The fraction of sp³-hybridized carbons (Fsp3) is 0.545. The second-order valence-electron chi connectivity index (χ2n) is 4.22. The first-order valence-electron chi connectivity index (χ1n) is 5.51. The minimum Gasteiger partial charge on any atom is -0.459 e. The summed E-state index contributed by atoms with van der Waals surface area (Å²) in [6.07, 6.45) is 0.227. The van der Waals surface area contributed by atoms with Gasteiger partial charge < -0.3 is 24.3 Å². The van der Waals surface area contributed by atoms with Crippen LogP contribution in [0.2, 0.25) is 0 Å². The molecule has 2 fully saturated rings. The summed E-state index contributed by atoms with van der Waals surface area (Å²) in [7, 11) is 0. The molecule has 17 heavy (non-hydrogen) atoms. The molecule has 0 bridgehead atoms. The molecule has 1 aromatic heterocycles. The highest BCUT2D eigenvalue weighted by molar-refractivity contribution is 5.91. The zero-order valence-electron chi connectivity index (χ0n) is 9.04. The number of furan rings is 1. The molecule has 3 heterocycles. The minimum atomic E-state index is -0.606. The van der Waals surface area contributed by atoms with Crippen molar-refractivity contribution in [3.05, 3.63) is 24.2 Å². The number of rotatable bonds is 2. The van der Waals surface area contributed by atoms with Crippen LogP contribution in [-0.2, 0) is 9.47 Å². The van der Waals surface area contributed by atoms with E-state index in [-0.39, 0.29) is 36.5 Å². The van der Waals surface area contributed by atoms with E-state index in [0.717, 1.165) is 0 Å². The van der Waals surface area contributed by atoms with Crippen molar-refractivity contribution in [3.63, 3.8) is 0 Å². The van der Waals surface area contributed by atoms with Crippen molar-refractivity contribution in [1.82, 2.24) is 5.32 Å². The molecule has 3 rings (SSSR count). The third kappa shape index (κ3) is 1.84. The Balaban J connectivity index is 1.65. The molecular formula is C11H13NO5. The van der Waals surface area contributed by atoms with Gasteiger partial charge in [0.2, 0.25) is 0 Å². The molecule has 2 aliphatic rings. The maximum atomic E-state index is 11.8. The van der Waals surface area contributed by atoms with Crippen molar-refractivity contribution >= 4 is 5.91 Å². The molecule has 2 saturated heterocycles.